The molecule has 0 radical (unpaired) electrons. The van der Waals surface area contributed by atoms with Gasteiger partial charge in [-0.05, 0) is 182 Å². The van der Waals surface area contributed by atoms with E-state index in [1.54, 1.807) is 48.5 Å². The molecule has 3 aliphatic heterocycles. The number of hydrogen-bond acceptors (Lipinski definition) is 34. The number of carbonyl (C=O) groups is 11. The van der Waals surface area contributed by atoms with Crippen molar-refractivity contribution in [2.45, 2.75) is 158 Å². The first-order valence-corrected chi connectivity index (χ1v) is 45.8. The van der Waals surface area contributed by atoms with Crippen molar-refractivity contribution in [1.82, 2.24) is 49.8 Å². The summed E-state index contributed by atoms with van der Waals surface area (Å²) < 4.78 is 18.1. The normalized spacial score (nSPS) is 12.9. The van der Waals surface area contributed by atoms with Crippen LogP contribution in [0.2, 0.25) is 0 Å². The molecule has 49 nitrogen and oxygen atoms in total. The zero-order valence-electron chi connectivity index (χ0n) is 83.8. The number of nitro groups is 5. The van der Waals surface area contributed by atoms with Crippen LogP contribution in [-0.4, -0.2) is 246 Å². The number of carboxylic acids is 4. The van der Waals surface area contributed by atoms with Gasteiger partial charge in [-0.2, -0.15) is 15.3 Å². The van der Waals surface area contributed by atoms with E-state index in [0.717, 1.165) is 65.6 Å². The largest absolute Gasteiger partial charge is 1.00 e. The molecule has 8 aromatic carbocycles. The summed E-state index contributed by atoms with van der Waals surface area (Å²) in [4.78, 5) is 181. The number of ketones is 2. The van der Waals surface area contributed by atoms with E-state index >= 15 is 0 Å². The van der Waals surface area contributed by atoms with E-state index in [4.69, 9.17) is 30.5 Å². The number of aryl methyl sites for hydroxylation is 4. The first kappa shape index (κ1) is 125. The van der Waals surface area contributed by atoms with Crippen molar-refractivity contribution in [3.63, 3.8) is 0 Å². The van der Waals surface area contributed by atoms with Crippen LogP contribution in [0.25, 0.3) is 17.1 Å². The molecule has 2 amide bonds. The Morgan fingerprint density at radius 2 is 0.760 bits per heavy atom. The van der Waals surface area contributed by atoms with Crippen LogP contribution in [0.5, 0.6) is 0 Å². The molecule has 794 valence electrons. The Labute approximate surface area is 869 Å². The molecule has 11 aromatic rings. The summed E-state index contributed by atoms with van der Waals surface area (Å²) >= 11 is 0. The molecule has 150 heavy (non-hydrogen) atoms. The van der Waals surface area contributed by atoms with Gasteiger partial charge >= 0.3 is 60.6 Å². The number of nitrogens with two attached hydrogens (primary N) is 1. The number of hydrogen-bond donors (Lipinski definition) is 10. The number of aromatic nitrogens is 6. The molecule has 0 aliphatic carbocycles. The summed E-state index contributed by atoms with van der Waals surface area (Å²) in [7, 11) is 0. The topological polar surface area (TPSA) is 744 Å². The van der Waals surface area contributed by atoms with Gasteiger partial charge in [0.15, 0.2) is 17.1 Å². The predicted octanol–water partition coefficient (Wildman–Crippen LogP) is 8.58. The zero-order valence-corrected chi connectivity index (χ0v) is 83.8. The minimum absolute atomic E-state index is 0. The molecule has 0 bridgehead atoms. The standard InChI is InChI=1S/C24H24N4O6.C22H20N4O6.C14H13N3O6.C10H13NO.C8H7NO4.C8H19N.C7H6N2O4.C7H10O4.Li.2H2O/c1-3-34-24(31)21-10-15(2)27(25-21)22-9-8-18(28(32)33)12-20(22)23(30)26-13-17-7-5-4-6-16(17)11-19(26)14-29;1-13-8-19(22(29)30)23-25(13)20-7-6-16(26(31)32)10-18(20)21(28)24-11-15-5-3-2-4-14(15)9-17(24)12-27;1-3-23-14(20)11-6-8(2)16(15-11)12-5-4-9(17(21)22)7-10(12)13(18)19;12-7-10-5-8-3-1-2-4-9(8)6-11-10;1-5-2-3-6(9(12)13)4-7(5)8(10)11;1-3-5-7-9-8-6-4-2;8-6-2-1-4(9(12)13)3-5(6)7(10)11;1-3-11-7(10)6(9)4-5(2)8;;;/h4-10,12,19,29H,3,11,13-14H2,1-2H3;2-8,10,17,27H,9,11-12H2,1H3,(H,29,30);4-7H,3H2,1-2H3,(H,18,19);1-4,10-12H,5-7H2;2-4H,1H3,(H,10,11);9H,3-8H2,1-2H3;1-3H,8H2,(H,10,11);3-4H2,1-2H3;;2*1H2/q;;;;;;;;+1;;/p-1/t19-;17-;;10-;;;;;;;/m00.0......./s1. The number of benzene rings is 8. The number of rotatable bonds is 31. The van der Waals surface area contributed by atoms with Crippen LogP contribution in [0.4, 0.5) is 34.1 Å². The summed E-state index contributed by atoms with van der Waals surface area (Å²) in [5, 5.41) is 138. The van der Waals surface area contributed by atoms with Crippen molar-refractivity contribution in [3.05, 3.63) is 333 Å². The summed E-state index contributed by atoms with van der Waals surface area (Å²) in [6.45, 7) is 21.2. The second-order valence-electron chi connectivity index (χ2n) is 32.8. The number of anilines is 1. The van der Waals surface area contributed by atoms with Gasteiger partial charge in [0.25, 0.3) is 40.3 Å². The van der Waals surface area contributed by atoms with Crippen molar-refractivity contribution in [1.29, 1.82) is 0 Å². The fourth-order valence-corrected chi connectivity index (χ4v) is 14.8. The number of aliphatic hydroxyl groups excluding tert-OH is 3. The fraction of sp³-hybridized carbons (Fsp3) is 0.320. The van der Waals surface area contributed by atoms with Crippen molar-refractivity contribution in [3.8, 4) is 17.1 Å². The molecular formula is C100H115LiN16O33. The van der Waals surface area contributed by atoms with Gasteiger partial charge in [-0.25, -0.2) is 47.6 Å². The number of nitrogens with zero attached hydrogens (tertiary/aromatic N) is 13. The molecule has 0 saturated carbocycles. The third kappa shape index (κ3) is 35.2. The van der Waals surface area contributed by atoms with Crippen LogP contribution in [0.15, 0.2) is 182 Å². The number of fused-ring (bicyclic) bond motifs is 3. The molecule has 14 rings (SSSR count). The SMILES string of the molecule is CCCCNCCCC.CCOC(=O)C(=O)CC(C)=O.CCOC(=O)c1cc(C)n(-c2ccc([N+](=O)[O-])cc2C(=O)N2Cc3ccccc3C[C@H]2CO)n1.CCOC(=O)c1cc(C)n(-c2ccc([N+](=O)[O-])cc2C(=O)O)n1.Cc1cc(C(=O)O)nn1-c1ccc([N+](=O)[O-])cc1C(=O)N1Cc2ccccc2C[C@H]1CO.Cc1ccc([N+](=O)[O-])cc1C(=O)O.Nc1ccc([N+](=O)[O-])cc1C(=O)O.O.OC[C@@H]1Cc2ccccc2CN1.[Li+].[OH-]. The minimum atomic E-state index is -1.34. The molecule has 3 aromatic heterocycles. The van der Waals surface area contributed by atoms with Crippen molar-refractivity contribution >= 4 is 99.3 Å². The van der Waals surface area contributed by atoms with E-state index in [0.29, 0.717) is 41.2 Å². The number of unbranched alkanes of at least 4 members (excludes halogenated alkanes) is 2. The molecule has 0 saturated heterocycles. The number of nitro benzene ring substituents is 5. The Morgan fingerprint density at radius 3 is 1.11 bits per heavy atom. The Hall–Kier alpha value is -16.9. The van der Waals surface area contributed by atoms with Crippen LogP contribution < -0.4 is 35.2 Å². The molecule has 3 aliphatic rings. The summed E-state index contributed by atoms with van der Waals surface area (Å²) in [5.74, 6) is -9.25. The maximum absolute atomic E-state index is 13.8. The average molecular weight is 2080 g/mol. The Balaban J connectivity index is 0.000000372. The molecule has 50 heteroatoms. The number of aromatic carboxylic acids is 4. The number of carboxylic acid groups (broad SMARTS) is 4. The third-order valence-corrected chi connectivity index (χ3v) is 22.3. The van der Waals surface area contributed by atoms with Crippen molar-refractivity contribution < 1.29 is 157 Å². The number of Topliss-reactive ketones (excluding diaryl/α,β-unsaturated/α-hetero) is 2. The van der Waals surface area contributed by atoms with Crippen LogP contribution in [-0.2, 0) is 67.5 Å². The second kappa shape index (κ2) is 60.9. The smallest absolute Gasteiger partial charge is 0.870 e. The number of aliphatic hydroxyl groups is 3. The Bertz CT molecular complexity index is 6580. The van der Waals surface area contributed by atoms with E-state index in [9.17, 15) is 124 Å². The van der Waals surface area contributed by atoms with Crippen LogP contribution in [0.3, 0.4) is 0 Å². The average Bonchev–Trinajstić information content (AvgIpc) is 1.41. The predicted molar refractivity (Wildman–Crippen MR) is 535 cm³/mol. The number of amides is 2. The summed E-state index contributed by atoms with van der Waals surface area (Å²) in [6.07, 6.45) is 6.76. The van der Waals surface area contributed by atoms with Crippen LogP contribution in [0.1, 0.15) is 213 Å². The summed E-state index contributed by atoms with van der Waals surface area (Å²) in [5.41, 5.74) is 12.6. The number of carbonyl (C=O) groups excluding carboxylic acids is 7. The number of nitrogens with one attached hydrogen (secondary N) is 2. The van der Waals surface area contributed by atoms with Gasteiger partial charge in [-0.15, -0.1) is 0 Å². The van der Waals surface area contributed by atoms with E-state index in [2.05, 4.69) is 68.8 Å². The maximum Gasteiger partial charge on any atom is 1.00 e. The number of esters is 3. The third-order valence-electron chi connectivity index (χ3n) is 22.3. The molecule has 3 atom stereocenters. The van der Waals surface area contributed by atoms with E-state index < -0.39 is 96.1 Å². The fourth-order valence-electron chi connectivity index (χ4n) is 14.8. The monoisotopic (exact) mass is 2070 g/mol. The molecule has 0 unspecified atom stereocenters. The molecule has 0 spiro atoms. The van der Waals surface area contributed by atoms with E-state index in [1.807, 2.05) is 48.5 Å². The second-order valence-corrected chi connectivity index (χ2v) is 32.8. The van der Waals surface area contributed by atoms with E-state index in [1.165, 1.54) is 160 Å². The number of ether oxygens (including phenoxy) is 3. The van der Waals surface area contributed by atoms with Gasteiger partial charge in [0.05, 0.1) is 128 Å². The van der Waals surface area contributed by atoms with Gasteiger partial charge < -0.3 is 87.1 Å². The number of non-ortho nitro benzene ring substituents is 5. The Kier molecular flexibility index (Phi) is 50.9. The van der Waals surface area contributed by atoms with E-state index in [-0.39, 0.29) is 191 Å². The molecule has 0 fully saturated rings. The number of nitrogen functional groups attached to an aromatic ring is 1. The zero-order chi connectivity index (χ0) is 109. The van der Waals surface area contributed by atoms with Gasteiger partial charge in [0.2, 0.25) is 5.78 Å². The molecule has 14 N–H and O–H groups in total. The summed E-state index contributed by atoms with van der Waals surface area (Å²) in [6, 6.07) is 45.4. The van der Waals surface area contributed by atoms with Crippen LogP contribution >= 0.6 is 0 Å². The minimum Gasteiger partial charge on any atom is -0.870 e. The first-order valence-electron chi connectivity index (χ1n) is 45.8. The maximum atomic E-state index is 13.8. The quantitative estimate of drug-likeness (QED) is 0.00224. The molecular weight excluding hydrogens is 1960 g/mol. The van der Waals surface area contributed by atoms with Gasteiger partial charge in [0.1, 0.15) is 5.78 Å². The van der Waals surface area contributed by atoms with Gasteiger partial charge in [0, 0.05) is 109 Å². The molecule has 6 heterocycles. The van der Waals surface area contributed by atoms with Gasteiger partial charge in [-0.1, -0.05) is 106 Å². The van der Waals surface area contributed by atoms with Gasteiger partial charge in [-0.3, -0.25) is 69.7 Å². The Morgan fingerprint density at radius 1 is 0.427 bits per heavy atom. The van der Waals surface area contributed by atoms with Crippen molar-refractivity contribution in [2.75, 3.05) is 58.5 Å². The first-order chi connectivity index (χ1) is 69.9. The van der Waals surface area contributed by atoms with Crippen molar-refractivity contribution in [2.24, 2.45) is 0 Å². The van der Waals surface area contributed by atoms with Crippen LogP contribution in [0, 0.1) is 78.3 Å².